The van der Waals surface area contributed by atoms with Gasteiger partial charge in [0.15, 0.2) is 0 Å². The fourth-order valence-corrected chi connectivity index (χ4v) is 4.45. The molecule has 1 atom stereocenters. The molecule has 0 radical (unpaired) electrons. The third-order valence-electron chi connectivity index (χ3n) is 5.00. The van der Waals surface area contributed by atoms with E-state index < -0.39 is 16.1 Å². The molecular formula is C18H24N2O6S. The minimum Gasteiger partial charge on any atom is -0.393 e. The van der Waals surface area contributed by atoms with Gasteiger partial charge in [-0.15, -0.1) is 0 Å². The Morgan fingerprint density at radius 1 is 1.11 bits per heavy atom. The van der Waals surface area contributed by atoms with Gasteiger partial charge in [-0.2, -0.15) is 0 Å². The first-order chi connectivity index (χ1) is 12.9. The van der Waals surface area contributed by atoms with Crippen LogP contribution >= 0.6 is 0 Å². The Bertz CT molecular complexity index is 771. The van der Waals surface area contributed by atoms with Crippen LogP contribution < -0.4 is 9.62 Å². The van der Waals surface area contributed by atoms with Crippen molar-refractivity contribution in [2.45, 2.75) is 43.1 Å². The molecule has 2 saturated heterocycles. The van der Waals surface area contributed by atoms with E-state index in [1.807, 2.05) is 0 Å². The molecule has 2 aliphatic heterocycles. The number of hydrogen-bond acceptors (Lipinski definition) is 6. The number of imide groups is 1. The second-order valence-electron chi connectivity index (χ2n) is 6.82. The Labute approximate surface area is 158 Å². The Kier molecular flexibility index (Phi) is 6.25. The first-order valence-electron chi connectivity index (χ1n) is 9.10. The number of carbonyl (C=O) groups is 2. The minimum absolute atomic E-state index is 0.0471. The number of hydrogen-bond donors (Lipinski definition) is 2. The number of nitrogens with one attached hydrogen (secondary N) is 1. The van der Waals surface area contributed by atoms with E-state index in [1.165, 1.54) is 24.3 Å². The molecular weight excluding hydrogens is 372 g/mol. The lowest BCUT2D eigenvalue weighted by atomic mass is 9.92. The number of carbonyl (C=O) groups excluding carboxylic acids is 2. The maximum atomic E-state index is 12.4. The summed E-state index contributed by atoms with van der Waals surface area (Å²) in [4.78, 5) is 24.6. The first-order valence-corrected chi connectivity index (χ1v) is 10.6. The number of aliphatic hydroxyl groups excluding tert-OH is 1. The smallest absolute Gasteiger partial charge is 0.240 e. The van der Waals surface area contributed by atoms with Gasteiger partial charge in [-0.3, -0.25) is 14.5 Å². The maximum absolute atomic E-state index is 12.4. The Hall–Kier alpha value is -1.81. The maximum Gasteiger partial charge on any atom is 0.240 e. The van der Waals surface area contributed by atoms with E-state index in [0.717, 1.165) is 17.7 Å². The molecule has 9 heteroatoms. The Balaban J connectivity index is 1.56. The molecule has 0 saturated carbocycles. The van der Waals surface area contributed by atoms with Gasteiger partial charge in [-0.25, -0.2) is 13.1 Å². The van der Waals surface area contributed by atoms with Crippen LogP contribution in [0.25, 0.3) is 0 Å². The molecule has 148 valence electrons. The summed E-state index contributed by atoms with van der Waals surface area (Å²) < 4.78 is 32.5. The standard InChI is InChI=1S/C18H24N2O6S/c21-16(13-8-11-26-12-9-13)7-10-19-27(24,25)15-3-1-14(2-4-15)20-17(22)5-6-18(20)23/h1-4,13,16,19,21H,5-12H2. The molecule has 0 aromatic heterocycles. The third-order valence-corrected chi connectivity index (χ3v) is 6.48. The lowest BCUT2D eigenvalue weighted by molar-refractivity contribution is -0.121. The molecule has 1 aromatic carbocycles. The van der Waals surface area contributed by atoms with Crippen LogP contribution in [0.15, 0.2) is 29.2 Å². The van der Waals surface area contributed by atoms with Crippen molar-refractivity contribution < 1.29 is 27.9 Å². The van der Waals surface area contributed by atoms with Gasteiger partial charge >= 0.3 is 0 Å². The van der Waals surface area contributed by atoms with Gasteiger partial charge in [0.2, 0.25) is 21.8 Å². The molecule has 0 bridgehead atoms. The highest BCUT2D eigenvalue weighted by Gasteiger charge is 2.30. The van der Waals surface area contributed by atoms with E-state index in [9.17, 15) is 23.1 Å². The summed E-state index contributed by atoms with van der Waals surface area (Å²) in [5.74, 6) is -0.426. The van der Waals surface area contributed by atoms with Crippen molar-refractivity contribution in [3.63, 3.8) is 0 Å². The van der Waals surface area contributed by atoms with Crippen molar-refractivity contribution in [2.75, 3.05) is 24.7 Å². The van der Waals surface area contributed by atoms with Crippen molar-refractivity contribution in [1.82, 2.24) is 4.72 Å². The number of aliphatic hydroxyl groups is 1. The van der Waals surface area contributed by atoms with Crippen LogP contribution in [0.1, 0.15) is 32.1 Å². The highest BCUT2D eigenvalue weighted by atomic mass is 32.2. The molecule has 2 heterocycles. The van der Waals surface area contributed by atoms with E-state index >= 15 is 0 Å². The van der Waals surface area contributed by atoms with E-state index in [2.05, 4.69) is 4.72 Å². The molecule has 3 rings (SSSR count). The van der Waals surface area contributed by atoms with Crippen LogP contribution in [0.5, 0.6) is 0 Å². The topological polar surface area (TPSA) is 113 Å². The summed E-state index contributed by atoms with van der Waals surface area (Å²) in [6.07, 6.45) is 1.68. The molecule has 2 aliphatic rings. The third kappa shape index (κ3) is 4.73. The van der Waals surface area contributed by atoms with Crippen molar-refractivity contribution in [2.24, 2.45) is 5.92 Å². The van der Waals surface area contributed by atoms with Crippen molar-refractivity contribution >= 4 is 27.5 Å². The van der Waals surface area contributed by atoms with Gasteiger partial charge < -0.3 is 9.84 Å². The van der Waals surface area contributed by atoms with E-state index in [0.29, 0.717) is 25.3 Å². The monoisotopic (exact) mass is 396 g/mol. The van der Waals surface area contributed by atoms with Crippen LogP contribution in [-0.2, 0) is 24.3 Å². The lowest BCUT2D eigenvalue weighted by Crippen LogP contribution is -2.32. The van der Waals surface area contributed by atoms with Crippen LogP contribution in [0, 0.1) is 5.92 Å². The van der Waals surface area contributed by atoms with E-state index in [1.54, 1.807) is 0 Å². The average Bonchev–Trinajstić information content (AvgIpc) is 3.00. The predicted octanol–water partition coefficient (Wildman–Crippen LogP) is 0.796. The summed E-state index contributed by atoms with van der Waals surface area (Å²) in [5.41, 5.74) is 0.372. The minimum atomic E-state index is -3.73. The lowest BCUT2D eigenvalue weighted by Gasteiger charge is -2.26. The Morgan fingerprint density at radius 2 is 1.70 bits per heavy atom. The van der Waals surface area contributed by atoms with E-state index in [4.69, 9.17) is 4.74 Å². The van der Waals surface area contributed by atoms with Gasteiger partial charge in [0.05, 0.1) is 16.7 Å². The zero-order chi connectivity index (χ0) is 19.4. The number of anilines is 1. The van der Waals surface area contributed by atoms with Crippen LogP contribution in [0.3, 0.4) is 0 Å². The first kappa shape index (κ1) is 19.9. The van der Waals surface area contributed by atoms with Crippen LogP contribution in [0.4, 0.5) is 5.69 Å². The fraction of sp³-hybridized carbons (Fsp3) is 0.556. The molecule has 27 heavy (non-hydrogen) atoms. The molecule has 0 spiro atoms. The summed E-state index contributed by atoms with van der Waals surface area (Å²) >= 11 is 0. The summed E-state index contributed by atoms with van der Waals surface area (Å²) in [7, 11) is -3.73. The summed E-state index contributed by atoms with van der Waals surface area (Å²) in [5, 5.41) is 10.2. The fourth-order valence-electron chi connectivity index (χ4n) is 3.40. The van der Waals surface area contributed by atoms with E-state index in [-0.39, 0.29) is 42.0 Å². The second kappa shape index (κ2) is 8.47. The quantitative estimate of drug-likeness (QED) is 0.659. The van der Waals surface area contributed by atoms with Crippen molar-refractivity contribution in [3.05, 3.63) is 24.3 Å². The van der Waals surface area contributed by atoms with Gasteiger partial charge in [0.25, 0.3) is 0 Å². The molecule has 1 unspecified atom stereocenters. The second-order valence-corrected chi connectivity index (χ2v) is 8.59. The SMILES string of the molecule is O=C1CCC(=O)N1c1ccc(S(=O)(=O)NCCC(O)C2CCOCC2)cc1. The molecule has 8 nitrogen and oxygen atoms in total. The zero-order valence-corrected chi connectivity index (χ0v) is 15.8. The molecule has 0 aliphatic carbocycles. The van der Waals surface area contributed by atoms with Crippen molar-refractivity contribution in [1.29, 1.82) is 0 Å². The number of ether oxygens (including phenoxy) is 1. The highest BCUT2D eigenvalue weighted by molar-refractivity contribution is 7.89. The Morgan fingerprint density at radius 3 is 2.30 bits per heavy atom. The number of nitrogens with zero attached hydrogens (tertiary/aromatic N) is 1. The highest BCUT2D eigenvalue weighted by Crippen LogP contribution is 2.24. The molecule has 2 fully saturated rings. The number of benzene rings is 1. The molecule has 1 aromatic rings. The van der Waals surface area contributed by atoms with Gasteiger partial charge in [-0.05, 0) is 49.4 Å². The van der Waals surface area contributed by atoms with Crippen LogP contribution in [-0.4, -0.2) is 51.2 Å². The predicted molar refractivity (Wildman–Crippen MR) is 97.5 cm³/mol. The van der Waals surface area contributed by atoms with Gasteiger partial charge in [-0.1, -0.05) is 0 Å². The van der Waals surface area contributed by atoms with Crippen LogP contribution in [0.2, 0.25) is 0 Å². The zero-order valence-electron chi connectivity index (χ0n) is 15.0. The average molecular weight is 396 g/mol. The normalized spacial score (nSPS) is 20.3. The largest absolute Gasteiger partial charge is 0.393 e. The number of rotatable bonds is 7. The number of amides is 2. The summed E-state index contributed by atoms with van der Waals surface area (Å²) in [6.45, 7) is 1.38. The molecule has 2 N–H and O–H groups in total. The van der Waals surface area contributed by atoms with Gasteiger partial charge in [0, 0.05) is 32.6 Å². The van der Waals surface area contributed by atoms with Crippen molar-refractivity contribution in [3.8, 4) is 0 Å². The molecule has 2 amide bonds. The number of sulfonamides is 1. The van der Waals surface area contributed by atoms with Gasteiger partial charge in [0.1, 0.15) is 0 Å². The summed E-state index contributed by atoms with van der Waals surface area (Å²) in [6, 6.07) is 5.63.